The number of β-lactam (4-membered cyclic amide) rings is 1. The number of oxime groups is 1. The minimum atomic E-state index is -4.84. The second-order valence-corrected chi connectivity index (χ2v) is 8.89. The number of nitrogens with two attached hydrogens (primary N) is 1. The van der Waals surface area contributed by atoms with Crippen LogP contribution in [-0.2, 0) is 31.8 Å². The van der Waals surface area contributed by atoms with E-state index in [1.54, 1.807) is 7.05 Å². The van der Waals surface area contributed by atoms with Crippen molar-refractivity contribution in [1.82, 2.24) is 34.8 Å². The van der Waals surface area contributed by atoms with Gasteiger partial charge in [-0.1, -0.05) is 16.9 Å². The van der Waals surface area contributed by atoms with Crippen molar-refractivity contribution in [2.45, 2.75) is 17.2 Å². The maximum absolute atomic E-state index is 12.7. The highest BCUT2D eigenvalue weighted by molar-refractivity contribution is 7.99. The lowest BCUT2D eigenvalue weighted by molar-refractivity contribution is -0.143. The number of aromatic nitrogens is 5. The maximum Gasteiger partial charge on any atom is 0.362 e. The molecule has 4 N–H and O–H groups in total. The fourth-order valence-electron chi connectivity index (χ4n) is 2.53. The van der Waals surface area contributed by atoms with Gasteiger partial charge in [-0.25, -0.2) is 14.0 Å². The molecule has 0 bridgehead atoms. The predicted molar refractivity (Wildman–Crippen MR) is 104 cm³/mol. The summed E-state index contributed by atoms with van der Waals surface area (Å²) in [5.41, 5.74) is 5.42. The molecule has 0 aromatic carbocycles. The number of carbonyl (C=O) groups is 2. The average Bonchev–Trinajstić information content (AvgIpc) is 3.27. The number of anilines is 1. The zero-order chi connectivity index (χ0) is 22.1. The molecular formula is C12H15N9O6S3. The Morgan fingerprint density at radius 2 is 2.27 bits per heavy atom. The van der Waals surface area contributed by atoms with Crippen molar-refractivity contribution in [3.8, 4) is 0 Å². The molecule has 162 valence electrons. The Morgan fingerprint density at radius 3 is 2.80 bits per heavy atom. The summed E-state index contributed by atoms with van der Waals surface area (Å²) in [5, 5.41) is 18.8. The van der Waals surface area contributed by atoms with E-state index in [9.17, 15) is 22.6 Å². The van der Waals surface area contributed by atoms with Gasteiger partial charge >= 0.3 is 10.3 Å². The van der Waals surface area contributed by atoms with E-state index in [1.807, 2.05) is 0 Å². The van der Waals surface area contributed by atoms with Crippen LogP contribution in [0.15, 0.2) is 15.7 Å². The van der Waals surface area contributed by atoms with E-state index in [1.165, 1.54) is 17.2 Å². The lowest BCUT2D eigenvalue weighted by Gasteiger charge is -2.43. The Balaban J connectivity index is 1.79. The van der Waals surface area contributed by atoms with Crippen LogP contribution < -0.4 is 11.1 Å². The van der Waals surface area contributed by atoms with Gasteiger partial charge in [-0.05, 0) is 10.4 Å². The largest absolute Gasteiger partial charge is 0.398 e. The number of nitrogens with one attached hydrogen (secondary N) is 1. The Hall–Kier alpha value is -2.83. The third-order valence-electron chi connectivity index (χ3n) is 3.83. The van der Waals surface area contributed by atoms with E-state index in [4.69, 9.17) is 5.73 Å². The highest BCUT2D eigenvalue weighted by Gasteiger charge is 2.54. The van der Waals surface area contributed by atoms with Gasteiger partial charge in [0, 0.05) is 18.2 Å². The Morgan fingerprint density at radius 1 is 1.53 bits per heavy atom. The molecule has 15 nitrogen and oxygen atoms in total. The molecule has 1 aliphatic heterocycles. The summed E-state index contributed by atoms with van der Waals surface area (Å²) in [5.74, 6) is -1.89. The highest BCUT2D eigenvalue weighted by Crippen LogP contribution is 2.29. The van der Waals surface area contributed by atoms with Crippen molar-refractivity contribution >= 4 is 56.1 Å². The standard InChI is InChI=1S/C12H15N9O6S3/c1-20-12(16-18-19-20)29-4-6-8(10(23)21(6)30(24,25)26)15-9(22)7(17-27-2)5-3-28-11(13)14-5/h3,6,8H,4H2,1-2H3,(H2,13,14)(H,15,22)(H,24,25,26)/b17-7-/t6-,8+/m0/s1. The number of tetrazole rings is 1. The average molecular weight is 478 g/mol. The van der Waals surface area contributed by atoms with Crippen LogP contribution in [0.3, 0.4) is 0 Å². The number of aryl methyl sites for hydroxylation is 1. The molecule has 1 fully saturated rings. The zero-order valence-electron chi connectivity index (χ0n) is 15.4. The molecule has 0 unspecified atom stereocenters. The van der Waals surface area contributed by atoms with Gasteiger partial charge in [0.15, 0.2) is 10.8 Å². The van der Waals surface area contributed by atoms with Gasteiger partial charge in [0.25, 0.3) is 11.8 Å². The molecule has 2 aromatic heterocycles. The second kappa shape index (κ2) is 8.50. The van der Waals surface area contributed by atoms with E-state index in [2.05, 4.69) is 35.8 Å². The molecule has 3 rings (SSSR count). The summed E-state index contributed by atoms with van der Waals surface area (Å²) < 4.78 is 34.1. The van der Waals surface area contributed by atoms with Crippen molar-refractivity contribution in [2.75, 3.05) is 18.6 Å². The van der Waals surface area contributed by atoms with E-state index in [-0.39, 0.29) is 26.6 Å². The van der Waals surface area contributed by atoms with Crippen LogP contribution in [-0.4, -0.2) is 84.9 Å². The summed E-state index contributed by atoms with van der Waals surface area (Å²) in [7, 11) is -2.05. The monoisotopic (exact) mass is 477 g/mol. The third kappa shape index (κ3) is 4.35. The lowest BCUT2D eigenvalue weighted by atomic mass is 10.0. The minimum Gasteiger partial charge on any atom is -0.398 e. The van der Waals surface area contributed by atoms with Gasteiger partial charge in [-0.3, -0.25) is 14.1 Å². The molecule has 30 heavy (non-hydrogen) atoms. The van der Waals surface area contributed by atoms with E-state index < -0.39 is 34.2 Å². The van der Waals surface area contributed by atoms with Gasteiger partial charge < -0.3 is 15.9 Å². The normalized spacial score (nSPS) is 19.5. The summed E-state index contributed by atoms with van der Waals surface area (Å²) in [4.78, 5) is 33.6. The van der Waals surface area contributed by atoms with Crippen LogP contribution in [0.5, 0.6) is 0 Å². The van der Waals surface area contributed by atoms with Gasteiger partial charge in [-0.2, -0.15) is 8.42 Å². The van der Waals surface area contributed by atoms with Gasteiger partial charge in [0.1, 0.15) is 18.8 Å². The van der Waals surface area contributed by atoms with E-state index in [0.29, 0.717) is 5.16 Å². The summed E-state index contributed by atoms with van der Waals surface area (Å²) in [6, 6.07) is -2.35. The van der Waals surface area contributed by atoms with Gasteiger partial charge in [-0.15, -0.1) is 16.4 Å². The fraction of sp³-hybridized carbons (Fsp3) is 0.417. The Kier molecular flexibility index (Phi) is 6.19. The third-order valence-corrected chi connectivity index (χ3v) is 6.57. The molecule has 2 atom stereocenters. The first kappa shape index (κ1) is 21.9. The topological polar surface area (TPSA) is 208 Å². The lowest BCUT2D eigenvalue weighted by Crippen LogP contribution is -2.73. The second-order valence-electron chi connectivity index (χ2n) is 5.72. The molecule has 2 aromatic rings. The van der Waals surface area contributed by atoms with Crippen molar-refractivity contribution < 1.29 is 27.4 Å². The summed E-state index contributed by atoms with van der Waals surface area (Å²) in [6.45, 7) is 0. The summed E-state index contributed by atoms with van der Waals surface area (Å²) in [6.07, 6.45) is 0. The number of carbonyl (C=O) groups excluding carboxylic acids is 2. The van der Waals surface area contributed by atoms with Crippen LogP contribution in [0.4, 0.5) is 5.13 Å². The maximum atomic E-state index is 12.7. The van der Waals surface area contributed by atoms with E-state index >= 15 is 0 Å². The zero-order valence-corrected chi connectivity index (χ0v) is 17.8. The number of rotatable bonds is 8. The van der Waals surface area contributed by atoms with E-state index in [0.717, 1.165) is 23.1 Å². The minimum absolute atomic E-state index is 0.0366. The molecule has 0 radical (unpaired) electrons. The Bertz CT molecular complexity index is 1100. The van der Waals surface area contributed by atoms with Crippen LogP contribution in [0.2, 0.25) is 0 Å². The van der Waals surface area contributed by atoms with Crippen molar-refractivity contribution in [1.29, 1.82) is 0 Å². The number of hydrogen-bond acceptors (Lipinski definition) is 13. The quantitative estimate of drug-likeness (QED) is 0.123. The number of amides is 2. The number of thiazole rings is 1. The number of nitrogen functional groups attached to an aromatic ring is 1. The number of thioether (sulfide) groups is 1. The first-order chi connectivity index (χ1) is 14.1. The smallest absolute Gasteiger partial charge is 0.362 e. The Labute approximate surface area is 177 Å². The highest BCUT2D eigenvalue weighted by atomic mass is 32.2. The first-order valence-electron chi connectivity index (χ1n) is 7.92. The molecule has 3 heterocycles. The molecule has 0 aliphatic carbocycles. The molecule has 18 heteroatoms. The fourth-order valence-corrected chi connectivity index (χ4v) is 5.03. The first-order valence-corrected chi connectivity index (χ1v) is 11.2. The number of nitrogens with zero attached hydrogens (tertiary/aromatic N) is 7. The van der Waals surface area contributed by atoms with Crippen molar-refractivity contribution in [3.05, 3.63) is 11.1 Å². The molecule has 0 saturated carbocycles. The van der Waals surface area contributed by atoms with Crippen molar-refractivity contribution in [2.24, 2.45) is 12.2 Å². The van der Waals surface area contributed by atoms with Gasteiger partial charge in [0.05, 0.1) is 6.04 Å². The molecule has 2 amide bonds. The summed E-state index contributed by atoms with van der Waals surface area (Å²) >= 11 is 2.10. The SMILES string of the molecule is CO/N=C(\C(=O)N[C@H]1C(=O)N(S(=O)(=O)O)[C@H]1CSc1nnnn1C)c1csc(N)n1. The van der Waals surface area contributed by atoms with Crippen LogP contribution >= 0.6 is 23.1 Å². The van der Waals surface area contributed by atoms with Crippen LogP contribution in [0.1, 0.15) is 5.69 Å². The molecule has 0 spiro atoms. The molecule has 1 aliphatic rings. The predicted octanol–water partition coefficient (Wildman–Crippen LogP) is -2.11. The molecule has 1 saturated heterocycles. The number of hydrogen-bond donors (Lipinski definition) is 3. The van der Waals surface area contributed by atoms with Crippen molar-refractivity contribution in [3.63, 3.8) is 0 Å². The van der Waals surface area contributed by atoms with Crippen LogP contribution in [0.25, 0.3) is 0 Å². The van der Waals surface area contributed by atoms with Crippen LogP contribution in [0, 0.1) is 0 Å². The molecular weight excluding hydrogens is 462 g/mol. The van der Waals surface area contributed by atoms with Gasteiger partial charge in [0.2, 0.25) is 5.16 Å².